The molecule has 11 heteroatoms. The van der Waals surface area contributed by atoms with Gasteiger partial charge >= 0.3 is 6.18 Å². The number of aliphatic hydroxyl groups excluding tert-OH is 1. The lowest BCUT2D eigenvalue weighted by Gasteiger charge is -2.41. The van der Waals surface area contributed by atoms with E-state index in [0.717, 1.165) is 11.3 Å². The van der Waals surface area contributed by atoms with Gasteiger partial charge in [-0.25, -0.2) is 8.42 Å². The van der Waals surface area contributed by atoms with E-state index in [4.69, 9.17) is 0 Å². The number of rotatable bonds is 5. The van der Waals surface area contributed by atoms with Gasteiger partial charge in [-0.15, -0.1) is 11.3 Å². The number of benzene rings is 1. The Balaban J connectivity index is 1.79. The number of halogens is 3. The first-order valence-corrected chi connectivity index (χ1v) is 11.1. The van der Waals surface area contributed by atoms with Crippen molar-refractivity contribution in [3.8, 4) is 0 Å². The predicted octanol–water partition coefficient (Wildman–Crippen LogP) is 2.39. The molecule has 0 saturated carbocycles. The van der Waals surface area contributed by atoms with Crippen LogP contribution in [-0.2, 0) is 15.6 Å². The molecule has 3 rings (SSSR count). The van der Waals surface area contributed by atoms with Crippen LogP contribution in [0, 0.1) is 0 Å². The van der Waals surface area contributed by atoms with Gasteiger partial charge in [0.05, 0.1) is 12.6 Å². The van der Waals surface area contributed by atoms with Crippen molar-refractivity contribution in [2.45, 2.75) is 29.0 Å². The quantitative estimate of drug-likeness (QED) is 0.731. The van der Waals surface area contributed by atoms with E-state index in [2.05, 4.69) is 0 Å². The summed E-state index contributed by atoms with van der Waals surface area (Å²) < 4.78 is 66.0. The topological polar surface area (TPSA) is 81.1 Å². The smallest absolute Gasteiger partial charge is 0.394 e. The van der Waals surface area contributed by atoms with E-state index >= 15 is 0 Å². The summed E-state index contributed by atoms with van der Waals surface area (Å²) in [6.07, 6.45) is -4.82. The number of hydrogen-bond donors (Lipinski definition) is 2. The first-order valence-electron chi connectivity index (χ1n) is 8.79. The molecule has 0 spiro atoms. The molecule has 2 heterocycles. The number of thiophene rings is 1. The number of sulfonamides is 1. The van der Waals surface area contributed by atoms with Gasteiger partial charge < -0.3 is 15.1 Å². The molecule has 0 amide bonds. The summed E-state index contributed by atoms with van der Waals surface area (Å²) in [6, 6.07) is 7.86. The van der Waals surface area contributed by atoms with Crippen molar-refractivity contribution in [2.24, 2.45) is 0 Å². The number of piperazine rings is 1. The average Bonchev–Trinajstić information content (AvgIpc) is 3.22. The molecular formula is C18H21F3N2O4S2. The Kier molecular flexibility index (Phi) is 5.98. The van der Waals surface area contributed by atoms with E-state index in [-0.39, 0.29) is 36.0 Å². The molecule has 29 heavy (non-hydrogen) atoms. The van der Waals surface area contributed by atoms with E-state index in [1.165, 1.54) is 34.6 Å². The second kappa shape index (κ2) is 7.88. The van der Waals surface area contributed by atoms with Crippen LogP contribution >= 0.6 is 11.3 Å². The minimum atomic E-state index is -4.82. The van der Waals surface area contributed by atoms with Crippen molar-refractivity contribution in [3.63, 3.8) is 0 Å². The Labute approximate surface area is 170 Å². The summed E-state index contributed by atoms with van der Waals surface area (Å²) in [5, 5.41) is 21.2. The number of alkyl halides is 3. The highest BCUT2D eigenvalue weighted by atomic mass is 32.2. The fourth-order valence-corrected chi connectivity index (χ4v) is 5.83. The van der Waals surface area contributed by atoms with Crippen LogP contribution in [0.1, 0.15) is 12.5 Å². The molecule has 2 aromatic rings. The summed E-state index contributed by atoms with van der Waals surface area (Å²) in [5.74, 6) is 0. The molecule has 6 nitrogen and oxygen atoms in total. The van der Waals surface area contributed by atoms with Crippen molar-refractivity contribution < 1.29 is 31.8 Å². The highest BCUT2D eigenvalue weighted by Crippen LogP contribution is 2.39. The lowest BCUT2D eigenvalue weighted by molar-refractivity contribution is -0.258. The number of nitrogens with zero attached hydrogens (tertiary/aromatic N) is 2. The van der Waals surface area contributed by atoms with Crippen LogP contribution in [0.15, 0.2) is 46.0 Å². The number of aliphatic hydroxyl groups is 2. The second-order valence-electron chi connectivity index (χ2n) is 6.94. The van der Waals surface area contributed by atoms with Crippen LogP contribution in [0.25, 0.3) is 0 Å². The number of anilines is 1. The SMILES string of the molecule is C[C@](O)(c1ccc(N2CCN(S(=O)(=O)c3cccs3)C[C@@H]2CO)cc1)C(F)(F)F. The molecule has 0 unspecified atom stereocenters. The zero-order chi connectivity index (χ0) is 21.4. The van der Waals surface area contributed by atoms with Gasteiger partial charge in [0.1, 0.15) is 4.21 Å². The van der Waals surface area contributed by atoms with Gasteiger partial charge in [-0.1, -0.05) is 18.2 Å². The second-order valence-corrected chi connectivity index (χ2v) is 10.1. The Morgan fingerprint density at radius 1 is 1.17 bits per heavy atom. The van der Waals surface area contributed by atoms with E-state index in [0.29, 0.717) is 12.6 Å². The summed E-state index contributed by atoms with van der Waals surface area (Å²) in [7, 11) is -3.65. The Hall–Kier alpha value is -1.66. The maximum Gasteiger partial charge on any atom is 0.421 e. The maximum atomic E-state index is 13.0. The van der Waals surface area contributed by atoms with Gasteiger partial charge in [0, 0.05) is 25.3 Å². The van der Waals surface area contributed by atoms with Crippen molar-refractivity contribution in [3.05, 3.63) is 47.3 Å². The molecule has 1 aliphatic heterocycles. The van der Waals surface area contributed by atoms with Crippen LogP contribution < -0.4 is 4.90 Å². The molecule has 0 aliphatic carbocycles. The van der Waals surface area contributed by atoms with E-state index < -0.39 is 27.8 Å². The van der Waals surface area contributed by atoms with Crippen LogP contribution in [0.2, 0.25) is 0 Å². The molecule has 0 radical (unpaired) electrons. The molecule has 1 aromatic heterocycles. The van der Waals surface area contributed by atoms with Crippen LogP contribution in [-0.4, -0.2) is 61.4 Å². The van der Waals surface area contributed by atoms with Crippen LogP contribution in [0.5, 0.6) is 0 Å². The molecule has 1 fully saturated rings. The first kappa shape index (κ1) is 22.0. The highest BCUT2D eigenvalue weighted by molar-refractivity contribution is 7.91. The third-order valence-electron chi connectivity index (χ3n) is 5.06. The summed E-state index contributed by atoms with van der Waals surface area (Å²) in [4.78, 5) is 1.76. The molecule has 1 aromatic carbocycles. The zero-order valence-electron chi connectivity index (χ0n) is 15.5. The Morgan fingerprint density at radius 3 is 2.34 bits per heavy atom. The minimum Gasteiger partial charge on any atom is -0.394 e. The fraction of sp³-hybridized carbons (Fsp3) is 0.444. The van der Waals surface area contributed by atoms with Gasteiger partial charge in [-0.05, 0) is 36.1 Å². The molecule has 0 bridgehead atoms. The largest absolute Gasteiger partial charge is 0.421 e. The fourth-order valence-electron chi connectivity index (χ4n) is 3.22. The van der Waals surface area contributed by atoms with Gasteiger partial charge in [-0.3, -0.25) is 0 Å². The van der Waals surface area contributed by atoms with Gasteiger partial charge in [-0.2, -0.15) is 17.5 Å². The van der Waals surface area contributed by atoms with Crippen molar-refractivity contribution in [1.82, 2.24) is 4.31 Å². The highest BCUT2D eigenvalue weighted by Gasteiger charge is 2.51. The van der Waals surface area contributed by atoms with Crippen LogP contribution in [0.4, 0.5) is 18.9 Å². The van der Waals surface area contributed by atoms with Crippen molar-refractivity contribution in [2.75, 3.05) is 31.1 Å². The lowest BCUT2D eigenvalue weighted by Crippen LogP contribution is -2.56. The van der Waals surface area contributed by atoms with Gasteiger partial charge in [0.15, 0.2) is 5.60 Å². The lowest BCUT2D eigenvalue weighted by atomic mass is 9.95. The zero-order valence-corrected chi connectivity index (χ0v) is 17.1. The average molecular weight is 451 g/mol. The Bertz CT molecular complexity index is 929. The third-order valence-corrected chi connectivity index (χ3v) is 8.30. The summed E-state index contributed by atoms with van der Waals surface area (Å²) in [5.41, 5.74) is -2.73. The molecule has 2 N–H and O–H groups in total. The van der Waals surface area contributed by atoms with Gasteiger partial charge in [0.25, 0.3) is 10.0 Å². The maximum absolute atomic E-state index is 13.0. The summed E-state index contributed by atoms with van der Waals surface area (Å²) in [6.45, 7) is 0.869. The predicted molar refractivity (Wildman–Crippen MR) is 103 cm³/mol. The van der Waals surface area contributed by atoms with Crippen molar-refractivity contribution in [1.29, 1.82) is 0 Å². The monoisotopic (exact) mass is 450 g/mol. The third kappa shape index (κ3) is 4.15. The normalized spacial score (nSPS) is 21.2. The molecule has 1 aliphatic rings. The number of hydrogen-bond acceptors (Lipinski definition) is 6. The van der Waals surface area contributed by atoms with E-state index in [1.54, 1.807) is 16.3 Å². The van der Waals surface area contributed by atoms with Crippen molar-refractivity contribution >= 4 is 27.0 Å². The first-order chi connectivity index (χ1) is 13.5. The Morgan fingerprint density at radius 2 is 1.83 bits per heavy atom. The molecule has 1 saturated heterocycles. The van der Waals surface area contributed by atoms with Crippen LogP contribution in [0.3, 0.4) is 0 Å². The molecule has 2 atom stereocenters. The van der Waals surface area contributed by atoms with E-state index in [9.17, 15) is 31.8 Å². The van der Waals surface area contributed by atoms with E-state index in [1.807, 2.05) is 0 Å². The minimum absolute atomic E-state index is 0.0543. The molecular weight excluding hydrogens is 429 g/mol. The summed E-state index contributed by atoms with van der Waals surface area (Å²) >= 11 is 1.11. The molecule has 160 valence electrons. The standard InChI is InChI=1S/C18H21F3N2O4S2/c1-17(25,18(19,20)21)13-4-6-14(7-5-13)23-9-8-22(11-15(23)12-24)29(26,27)16-3-2-10-28-16/h2-7,10,15,24-25H,8-9,11-12H2,1H3/t15-,17+/m1/s1. The van der Waals surface area contributed by atoms with Gasteiger partial charge in [0.2, 0.25) is 0 Å².